The Balaban J connectivity index is 2.80. The first-order chi connectivity index (χ1) is 8.20. The smallest absolute Gasteiger partial charge is 0.313 e. The van der Waals surface area contributed by atoms with E-state index in [2.05, 4.69) is 5.32 Å². The zero-order valence-corrected chi connectivity index (χ0v) is 10.3. The summed E-state index contributed by atoms with van der Waals surface area (Å²) in [7, 11) is 0. The molecule has 0 aliphatic heterocycles. The van der Waals surface area contributed by atoms with E-state index in [-0.39, 0.29) is 0 Å². The van der Waals surface area contributed by atoms with E-state index in [9.17, 15) is 18.4 Å². The molecule has 1 rings (SSSR count). The number of para-hydroxylation sites is 1. The number of hydrogen-bond donors (Lipinski definition) is 2. The maximum atomic E-state index is 13.2. The summed E-state index contributed by atoms with van der Waals surface area (Å²) in [5.74, 6) is -3.95. The van der Waals surface area contributed by atoms with Crippen LogP contribution in [0.3, 0.4) is 0 Å². The van der Waals surface area contributed by atoms with E-state index in [1.54, 1.807) is 20.8 Å². The average Bonchev–Trinajstić information content (AvgIpc) is 2.21. The molecule has 2 N–H and O–H groups in total. The first-order valence-corrected chi connectivity index (χ1v) is 5.28. The number of carbonyl (C=O) groups excluding carboxylic acids is 2. The van der Waals surface area contributed by atoms with Crippen LogP contribution in [-0.4, -0.2) is 17.4 Å². The molecule has 0 radical (unpaired) electrons. The Morgan fingerprint density at radius 3 is 2.00 bits per heavy atom. The second-order valence-corrected chi connectivity index (χ2v) is 4.75. The molecule has 0 aliphatic rings. The highest BCUT2D eigenvalue weighted by Gasteiger charge is 2.22. The van der Waals surface area contributed by atoms with E-state index in [1.807, 2.05) is 5.32 Å². The SMILES string of the molecule is CC(C)(C)NC(=O)C(=O)Nc1c(F)cccc1F. The minimum atomic E-state index is -1.12. The lowest BCUT2D eigenvalue weighted by molar-refractivity contribution is -0.137. The Labute approximate surface area is 103 Å². The molecule has 0 saturated heterocycles. The summed E-state index contributed by atoms with van der Waals surface area (Å²) in [5, 5.41) is 4.28. The van der Waals surface area contributed by atoms with Gasteiger partial charge in [-0.2, -0.15) is 0 Å². The molecule has 1 aromatic carbocycles. The van der Waals surface area contributed by atoms with Crippen molar-refractivity contribution in [3.63, 3.8) is 0 Å². The monoisotopic (exact) mass is 256 g/mol. The van der Waals surface area contributed by atoms with Crippen molar-refractivity contribution in [2.24, 2.45) is 0 Å². The van der Waals surface area contributed by atoms with Crippen LogP contribution in [0.5, 0.6) is 0 Å². The molecule has 0 fully saturated rings. The highest BCUT2D eigenvalue weighted by atomic mass is 19.1. The lowest BCUT2D eigenvalue weighted by Gasteiger charge is -2.19. The fourth-order valence-electron chi connectivity index (χ4n) is 1.18. The minimum Gasteiger partial charge on any atom is -0.343 e. The van der Waals surface area contributed by atoms with Crippen LogP contribution in [0, 0.1) is 11.6 Å². The lowest BCUT2D eigenvalue weighted by atomic mass is 10.1. The third-order valence-electron chi connectivity index (χ3n) is 1.90. The van der Waals surface area contributed by atoms with Gasteiger partial charge >= 0.3 is 11.8 Å². The highest BCUT2D eigenvalue weighted by molar-refractivity contribution is 6.39. The van der Waals surface area contributed by atoms with Crippen LogP contribution in [0.15, 0.2) is 18.2 Å². The summed E-state index contributed by atoms with van der Waals surface area (Å²) in [4.78, 5) is 22.9. The third kappa shape index (κ3) is 3.80. The quantitative estimate of drug-likeness (QED) is 0.753. The molecule has 0 atom stereocenters. The van der Waals surface area contributed by atoms with Gasteiger partial charge in [0.25, 0.3) is 0 Å². The van der Waals surface area contributed by atoms with E-state index in [1.165, 1.54) is 0 Å². The second kappa shape index (κ2) is 5.12. The van der Waals surface area contributed by atoms with Crippen LogP contribution in [0.4, 0.5) is 14.5 Å². The summed E-state index contributed by atoms with van der Waals surface area (Å²) >= 11 is 0. The number of hydrogen-bond acceptors (Lipinski definition) is 2. The van der Waals surface area contributed by atoms with Crippen molar-refractivity contribution in [3.8, 4) is 0 Å². The summed E-state index contributed by atoms with van der Waals surface area (Å²) < 4.78 is 26.5. The third-order valence-corrected chi connectivity index (χ3v) is 1.90. The maximum Gasteiger partial charge on any atom is 0.313 e. The Morgan fingerprint density at radius 1 is 1.06 bits per heavy atom. The fourth-order valence-corrected chi connectivity index (χ4v) is 1.18. The molecule has 98 valence electrons. The first-order valence-electron chi connectivity index (χ1n) is 5.28. The van der Waals surface area contributed by atoms with E-state index in [0.717, 1.165) is 18.2 Å². The number of carbonyl (C=O) groups is 2. The second-order valence-electron chi connectivity index (χ2n) is 4.75. The molecule has 0 spiro atoms. The lowest BCUT2D eigenvalue weighted by Crippen LogP contribution is -2.46. The summed E-state index contributed by atoms with van der Waals surface area (Å²) in [5.41, 5.74) is -1.24. The number of benzene rings is 1. The predicted molar refractivity (Wildman–Crippen MR) is 62.9 cm³/mol. The van der Waals surface area contributed by atoms with Gasteiger partial charge in [0.05, 0.1) is 0 Å². The van der Waals surface area contributed by atoms with Gasteiger partial charge in [0.1, 0.15) is 17.3 Å². The van der Waals surface area contributed by atoms with E-state index in [0.29, 0.717) is 0 Å². The van der Waals surface area contributed by atoms with Gasteiger partial charge < -0.3 is 10.6 Å². The zero-order chi connectivity index (χ0) is 13.9. The number of rotatable bonds is 1. The van der Waals surface area contributed by atoms with Crippen molar-refractivity contribution in [2.75, 3.05) is 5.32 Å². The molecular weight excluding hydrogens is 242 g/mol. The summed E-state index contributed by atoms with van der Waals surface area (Å²) in [6.45, 7) is 5.05. The fraction of sp³-hybridized carbons (Fsp3) is 0.333. The van der Waals surface area contributed by atoms with Crippen LogP contribution in [0.1, 0.15) is 20.8 Å². The van der Waals surface area contributed by atoms with Crippen LogP contribution < -0.4 is 10.6 Å². The Bertz CT molecular complexity index is 461. The predicted octanol–water partition coefficient (Wildman–Crippen LogP) is 1.82. The van der Waals surface area contributed by atoms with Gasteiger partial charge in [0.2, 0.25) is 0 Å². The molecule has 0 bridgehead atoms. The number of anilines is 1. The summed E-state index contributed by atoms with van der Waals surface area (Å²) in [6.07, 6.45) is 0. The van der Waals surface area contributed by atoms with Crippen molar-refractivity contribution < 1.29 is 18.4 Å². The molecule has 0 saturated carbocycles. The highest BCUT2D eigenvalue weighted by Crippen LogP contribution is 2.17. The van der Waals surface area contributed by atoms with Crippen LogP contribution >= 0.6 is 0 Å². The summed E-state index contributed by atoms with van der Waals surface area (Å²) in [6, 6.07) is 3.14. The van der Waals surface area contributed by atoms with Gasteiger partial charge in [-0.3, -0.25) is 9.59 Å². The van der Waals surface area contributed by atoms with Gasteiger partial charge in [-0.05, 0) is 32.9 Å². The van der Waals surface area contributed by atoms with Gasteiger partial charge in [-0.25, -0.2) is 8.78 Å². The van der Waals surface area contributed by atoms with Crippen LogP contribution in [0.25, 0.3) is 0 Å². The Morgan fingerprint density at radius 2 is 1.56 bits per heavy atom. The van der Waals surface area contributed by atoms with Gasteiger partial charge in [0, 0.05) is 5.54 Å². The number of nitrogens with one attached hydrogen (secondary N) is 2. The van der Waals surface area contributed by atoms with Crippen molar-refractivity contribution in [3.05, 3.63) is 29.8 Å². The molecule has 6 heteroatoms. The zero-order valence-electron chi connectivity index (χ0n) is 10.3. The number of amides is 2. The molecule has 2 amide bonds. The Hall–Kier alpha value is -1.98. The van der Waals surface area contributed by atoms with Crippen LogP contribution in [0.2, 0.25) is 0 Å². The average molecular weight is 256 g/mol. The van der Waals surface area contributed by atoms with Crippen molar-refractivity contribution in [2.45, 2.75) is 26.3 Å². The molecule has 0 aromatic heterocycles. The van der Waals surface area contributed by atoms with Crippen molar-refractivity contribution >= 4 is 17.5 Å². The molecule has 0 aliphatic carbocycles. The van der Waals surface area contributed by atoms with Crippen molar-refractivity contribution in [1.29, 1.82) is 0 Å². The van der Waals surface area contributed by atoms with Crippen LogP contribution in [-0.2, 0) is 9.59 Å². The first kappa shape index (κ1) is 14.1. The van der Waals surface area contributed by atoms with Gasteiger partial charge in [-0.15, -0.1) is 0 Å². The molecule has 0 unspecified atom stereocenters. The van der Waals surface area contributed by atoms with E-state index < -0.39 is 34.7 Å². The van der Waals surface area contributed by atoms with E-state index in [4.69, 9.17) is 0 Å². The molecule has 0 heterocycles. The molecular formula is C12H14F2N2O2. The van der Waals surface area contributed by atoms with E-state index >= 15 is 0 Å². The molecule has 18 heavy (non-hydrogen) atoms. The standard InChI is InChI=1S/C12H14F2N2O2/c1-12(2,3)16-11(18)10(17)15-9-7(13)5-4-6-8(9)14/h4-6H,1-3H3,(H,15,17)(H,16,18). The topological polar surface area (TPSA) is 58.2 Å². The largest absolute Gasteiger partial charge is 0.343 e. The maximum absolute atomic E-state index is 13.2. The number of halogens is 2. The van der Waals surface area contributed by atoms with Gasteiger partial charge in [0.15, 0.2) is 0 Å². The Kier molecular flexibility index (Phi) is 4.00. The molecule has 4 nitrogen and oxygen atoms in total. The van der Waals surface area contributed by atoms with Gasteiger partial charge in [-0.1, -0.05) is 6.07 Å². The van der Waals surface area contributed by atoms with Crippen molar-refractivity contribution in [1.82, 2.24) is 5.32 Å². The normalized spacial score (nSPS) is 10.9. The minimum absolute atomic E-state index is 0.609. The molecule has 1 aromatic rings.